The van der Waals surface area contributed by atoms with Gasteiger partial charge in [0.2, 0.25) is 0 Å². The van der Waals surface area contributed by atoms with Crippen molar-refractivity contribution in [1.29, 1.82) is 0 Å². The number of carbonyl (C=O) groups excluding carboxylic acids is 2. The predicted molar refractivity (Wildman–Crippen MR) is 135 cm³/mol. The third kappa shape index (κ3) is 4.56. The Morgan fingerprint density at radius 2 is 1.83 bits per heavy atom. The molecule has 0 unspecified atom stereocenters. The number of fused-ring (bicyclic) bond motifs is 4. The topological polar surface area (TPSA) is 67.9 Å². The van der Waals surface area contributed by atoms with Crippen molar-refractivity contribution in [2.24, 2.45) is 11.8 Å². The Morgan fingerprint density at radius 3 is 2.51 bits per heavy atom. The van der Waals surface area contributed by atoms with Crippen molar-refractivity contribution >= 4 is 11.9 Å². The zero-order valence-corrected chi connectivity index (χ0v) is 21.0. The van der Waals surface area contributed by atoms with Crippen molar-refractivity contribution in [1.82, 2.24) is 10.2 Å². The molecule has 1 aliphatic heterocycles. The molecule has 1 saturated carbocycles. The molecule has 2 aromatic carbocycles. The van der Waals surface area contributed by atoms with Crippen LogP contribution in [0.3, 0.4) is 0 Å². The van der Waals surface area contributed by atoms with Gasteiger partial charge in [0.15, 0.2) is 0 Å². The van der Waals surface area contributed by atoms with Gasteiger partial charge in [-0.25, -0.2) is 4.79 Å². The summed E-state index contributed by atoms with van der Waals surface area (Å²) < 4.78 is 10.3. The monoisotopic (exact) mass is 476 g/mol. The van der Waals surface area contributed by atoms with Crippen LogP contribution in [-0.2, 0) is 16.6 Å². The standard InChI is InChI=1S/C29H36N2O4/c1-19-26-16-23-10-11-24(34-2)17-25(23)29(19,13-15-31(26)18-20-4-5-20)12-14-30-27(32)21-6-8-22(9-7-21)28(33)35-3/h6-11,17,19-20,26H,4-5,12-16,18H2,1-3H3,(H,30,32)/t19-,26+,29-/m0/s1. The van der Waals surface area contributed by atoms with E-state index in [2.05, 4.69) is 35.3 Å². The molecular weight excluding hydrogens is 440 g/mol. The molecule has 1 N–H and O–H groups in total. The maximum atomic E-state index is 12.9. The molecule has 6 heteroatoms. The highest BCUT2D eigenvalue weighted by atomic mass is 16.5. The Hall–Kier alpha value is -2.86. The molecule has 1 heterocycles. The Kier molecular flexibility index (Phi) is 6.58. The number of amides is 1. The minimum atomic E-state index is -0.404. The highest BCUT2D eigenvalue weighted by molar-refractivity contribution is 5.96. The molecule has 186 valence electrons. The van der Waals surface area contributed by atoms with Gasteiger partial charge in [-0.15, -0.1) is 0 Å². The van der Waals surface area contributed by atoms with Crippen LogP contribution < -0.4 is 10.1 Å². The van der Waals surface area contributed by atoms with E-state index in [-0.39, 0.29) is 11.3 Å². The number of hydrogen-bond donors (Lipinski definition) is 1. The smallest absolute Gasteiger partial charge is 0.337 e. The van der Waals surface area contributed by atoms with Crippen molar-refractivity contribution in [3.05, 3.63) is 64.7 Å². The van der Waals surface area contributed by atoms with Crippen LogP contribution in [0.2, 0.25) is 0 Å². The summed E-state index contributed by atoms with van der Waals surface area (Å²) in [5.41, 5.74) is 3.84. The first-order valence-corrected chi connectivity index (χ1v) is 12.8. The molecule has 3 atom stereocenters. The van der Waals surface area contributed by atoms with E-state index in [9.17, 15) is 9.59 Å². The molecule has 35 heavy (non-hydrogen) atoms. The second kappa shape index (κ2) is 9.65. The molecule has 0 radical (unpaired) electrons. The number of methoxy groups -OCH3 is 2. The fraction of sp³-hybridized carbons (Fsp3) is 0.517. The SMILES string of the molecule is COC(=O)c1ccc(C(=O)NCC[C@@]23CCN(CC4CC4)[C@H](Cc4ccc(OC)cc42)[C@@H]3C)cc1. The average Bonchev–Trinajstić information content (AvgIpc) is 3.70. The molecule has 2 aromatic rings. The first-order valence-electron chi connectivity index (χ1n) is 12.8. The summed E-state index contributed by atoms with van der Waals surface area (Å²) in [4.78, 5) is 27.3. The molecule has 5 rings (SSSR count). The van der Waals surface area contributed by atoms with Gasteiger partial charge >= 0.3 is 5.97 Å². The van der Waals surface area contributed by atoms with Crippen LogP contribution >= 0.6 is 0 Å². The molecule has 2 aliphatic carbocycles. The maximum absolute atomic E-state index is 12.9. The number of carbonyl (C=O) groups is 2. The highest BCUT2D eigenvalue weighted by Crippen LogP contribution is 2.52. The second-order valence-corrected chi connectivity index (χ2v) is 10.5. The molecular formula is C29H36N2O4. The molecule has 1 amide bonds. The van der Waals surface area contributed by atoms with E-state index < -0.39 is 5.97 Å². The zero-order valence-electron chi connectivity index (χ0n) is 21.0. The highest BCUT2D eigenvalue weighted by Gasteiger charge is 2.51. The van der Waals surface area contributed by atoms with Crippen LogP contribution in [0, 0.1) is 11.8 Å². The summed E-state index contributed by atoms with van der Waals surface area (Å²) >= 11 is 0. The minimum Gasteiger partial charge on any atom is -0.497 e. The van der Waals surface area contributed by atoms with Crippen LogP contribution in [0.4, 0.5) is 0 Å². The van der Waals surface area contributed by atoms with Crippen molar-refractivity contribution in [3.63, 3.8) is 0 Å². The van der Waals surface area contributed by atoms with E-state index in [1.165, 1.54) is 37.6 Å². The fourth-order valence-corrected chi connectivity index (χ4v) is 6.38. The predicted octanol–water partition coefficient (Wildman–Crippen LogP) is 4.22. The minimum absolute atomic E-state index is 0.0227. The van der Waals surface area contributed by atoms with E-state index in [1.807, 2.05) is 0 Å². The summed E-state index contributed by atoms with van der Waals surface area (Å²) in [7, 11) is 3.08. The Morgan fingerprint density at radius 1 is 1.09 bits per heavy atom. The van der Waals surface area contributed by atoms with Gasteiger partial charge in [-0.3, -0.25) is 9.69 Å². The van der Waals surface area contributed by atoms with Crippen LogP contribution in [0.5, 0.6) is 5.75 Å². The van der Waals surface area contributed by atoms with Crippen molar-refractivity contribution in [3.8, 4) is 5.75 Å². The third-order valence-electron chi connectivity index (χ3n) is 8.66. The van der Waals surface area contributed by atoms with Crippen molar-refractivity contribution < 1.29 is 19.1 Å². The number of piperidine rings is 1. The summed E-state index contributed by atoms with van der Waals surface area (Å²) in [6.45, 7) is 5.37. The number of nitrogens with zero attached hydrogens (tertiary/aromatic N) is 1. The van der Waals surface area contributed by atoms with Crippen LogP contribution in [0.1, 0.15) is 64.4 Å². The van der Waals surface area contributed by atoms with Crippen LogP contribution in [-0.4, -0.2) is 56.7 Å². The number of likely N-dealkylation sites (tertiary alicyclic amines) is 1. The van der Waals surface area contributed by atoms with E-state index in [0.717, 1.165) is 37.5 Å². The normalized spacial score (nSPS) is 25.5. The average molecular weight is 477 g/mol. The van der Waals surface area contributed by atoms with Gasteiger partial charge in [-0.2, -0.15) is 0 Å². The zero-order chi connectivity index (χ0) is 24.6. The summed E-state index contributed by atoms with van der Waals surface area (Å²) in [5.74, 6) is 1.78. The first-order chi connectivity index (χ1) is 16.9. The van der Waals surface area contributed by atoms with Gasteiger partial charge in [0.25, 0.3) is 5.91 Å². The number of nitrogens with one attached hydrogen (secondary N) is 1. The van der Waals surface area contributed by atoms with E-state index in [4.69, 9.17) is 9.47 Å². The van der Waals surface area contributed by atoms with E-state index >= 15 is 0 Å². The molecule has 2 bridgehead atoms. The molecule has 0 aromatic heterocycles. The maximum Gasteiger partial charge on any atom is 0.337 e. The lowest BCUT2D eigenvalue weighted by atomic mass is 9.56. The number of rotatable bonds is 8. The number of benzene rings is 2. The molecule has 6 nitrogen and oxygen atoms in total. The second-order valence-electron chi connectivity index (χ2n) is 10.5. The third-order valence-corrected chi connectivity index (χ3v) is 8.66. The quantitative estimate of drug-likeness (QED) is 0.578. The van der Waals surface area contributed by atoms with Gasteiger partial charge in [-0.1, -0.05) is 13.0 Å². The van der Waals surface area contributed by atoms with Gasteiger partial charge in [0, 0.05) is 30.1 Å². The summed E-state index contributed by atoms with van der Waals surface area (Å²) in [6.07, 6.45) is 5.84. The van der Waals surface area contributed by atoms with Gasteiger partial charge in [0.1, 0.15) is 5.75 Å². The van der Waals surface area contributed by atoms with Crippen molar-refractivity contribution in [2.75, 3.05) is 33.9 Å². The summed E-state index contributed by atoms with van der Waals surface area (Å²) in [6, 6.07) is 13.7. The van der Waals surface area contributed by atoms with E-state index in [0.29, 0.717) is 29.6 Å². The van der Waals surface area contributed by atoms with Crippen molar-refractivity contribution in [2.45, 2.75) is 50.5 Å². The van der Waals surface area contributed by atoms with Crippen LogP contribution in [0.15, 0.2) is 42.5 Å². The fourth-order valence-electron chi connectivity index (χ4n) is 6.38. The summed E-state index contributed by atoms with van der Waals surface area (Å²) in [5, 5.41) is 3.14. The number of hydrogen-bond acceptors (Lipinski definition) is 5. The lowest BCUT2D eigenvalue weighted by Gasteiger charge is -2.56. The molecule has 0 spiro atoms. The Labute approximate surface area is 208 Å². The molecule has 1 saturated heterocycles. The van der Waals surface area contributed by atoms with Gasteiger partial charge in [0.05, 0.1) is 19.8 Å². The van der Waals surface area contributed by atoms with Gasteiger partial charge in [-0.05, 0) is 98.0 Å². The lowest BCUT2D eigenvalue weighted by Crippen LogP contribution is -2.60. The number of esters is 1. The lowest BCUT2D eigenvalue weighted by molar-refractivity contribution is 0.0159. The molecule has 2 fully saturated rings. The number of ether oxygens (including phenoxy) is 2. The van der Waals surface area contributed by atoms with E-state index in [1.54, 1.807) is 31.4 Å². The molecule has 3 aliphatic rings. The Bertz CT molecular complexity index is 1090. The van der Waals surface area contributed by atoms with Gasteiger partial charge < -0.3 is 14.8 Å². The van der Waals surface area contributed by atoms with Crippen LogP contribution in [0.25, 0.3) is 0 Å². The largest absolute Gasteiger partial charge is 0.497 e. The first kappa shape index (κ1) is 23.9. The Balaban J connectivity index is 1.33.